The van der Waals surface area contributed by atoms with E-state index in [0.717, 1.165) is 5.56 Å². The molecule has 0 aliphatic heterocycles. The first-order valence-corrected chi connectivity index (χ1v) is 5.55. The van der Waals surface area contributed by atoms with Gasteiger partial charge in [0.05, 0.1) is 0 Å². The first kappa shape index (κ1) is 17.5. The van der Waals surface area contributed by atoms with Gasteiger partial charge in [-0.1, -0.05) is 13.8 Å². The van der Waals surface area contributed by atoms with Gasteiger partial charge in [-0.25, -0.2) is 9.59 Å². The summed E-state index contributed by atoms with van der Waals surface area (Å²) in [5, 5.41) is 11.2. The normalized spacial score (nSPS) is 11.3. The van der Waals surface area contributed by atoms with Crippen LogP contribution < -0.4 is 5.32 Å². The average molecular weight is 260 g/mol. The van der Waals surface area contributed by atoms with Crippen molar-refractivity contribution in [1.82, 2.24) is 10.3 Å². The van der Waals surface area contributed by atoms with Crippen LogP contribution in [0.1, 0.15) is 19.4 Å². The molecule has 100 valence electrons. The van der Waals surface area contributed by atoms with E-state index in [1.54, 1.807) is 38.4 Å². The van der Waals surface area contributed by atoms with E-state index >= 15 is 0 Å². The predicted molar refractivity (Wildman–Crippen MR) is 71.0 cm³/mol. The molecule has 0 aliphatic rings. The number of hydrogen-bond acceptors (Lipinski definition) is 4. The number of nitrogens with zero attached hydrogens (tertiary/aromatic N) is 1. The third-order valence-corrected chi connectivity index (χ3v) is 2.33. The van der Waals surface area contributed by atoms with E-state index < -0.39 is 18.1 Å². The van der Waals surface area contributed by atoms with Crippen molar-refractivity contribution in [1.29, 1.82) is 0 Å². The van der Waals surface area contributed by atoms with E-state index in [1.807, 2.05) is 0 Å². The van der Waals surface area contributed by atoms with Gasteiger partial charge in [-0.2, -0.15) is 0 Å². The van der Waals surface area contributed by atoms with Crippen LogP contribution in [0, 0.1) is 5.92 Å². The molecule has 1 atom stereocenters. The van der Waals surface area contributed by atoms with Crippen LogP contribution in [0.3, 0.4) is 0 Å². The van der Waals surface area contributed by atoms with E-state index in [-0.39, 0.29) is 31.4 Å². The molecule has 1 rings (SSSR count). The predicted octanol–water partition coefficient (Wildman–Crippen LogP) is 0.768. The number of nitrogens with one attached hydrogen (secondary N) is 1. The number of rotatable bonds is 5. The number of carboxylic acid groups (broad SMARTS) is 1. The van der Waals surface area contributed by atoms with Crippen LogP contribution in [0.15, 0.2) is 24.5 Å². The minimum absolute atomic E-state index is 0. The third-order valence-electron chi connectivity index (χ3n) is 2.33. The van der Waals surface area contributed by atoms with Crippen LogP contribution in [0.2, 0.25) is 0 Å². The molecule has 0 saturated carbocycles. The van der Waals surface area contributed by atoms with Gasteiger partial charge in [0, 0.05) is 12.4 Å². The first-order valence-electron chi connectivity index (χ1n) is 5.55. The molecule has 2 N–H and O–H groups in total. The number of pyridine rings is 1. The van der Waals surface area contributed by atoms with Crippen LogP contribution in [-0.2, 0) is 16.1 Å². The second-order valence-electron chi connectivity index (χ2n) is 4.14. The average Bonchev–Trinajstić information content (AvgIpc) is 2.34. The minimum atomic E-state index is -1.08. The number of ether oxygens (including phenoxy) is 1. The number of aliphatic carboxylic acids is 1. The van der Waals surface area contributed by atoms with Crippen molar-refractivity contribution >= 4 is 30.9 Å². The summed E-state index contributed by atoms with van der Waals surface area (Å²) in [6.07, 6.45) is 2.43. The first-order chi connectivity index (χ1) is 8.50. The van der Waals surface area contributed by atoms with Crippen LogP contribution in [-0.4, -0.2) is 47.1 Å². The Hall–Kier alpha value is -1.51. The van der Waals surface area contributed by atoms with E-state index in [0.29, 0.717) is 0 Å². The molecule has 1 aromatic rings. The fourth-order valence-corrected chi connectivity index (χ4v) is 1.31. The Labute approximate surface area is 123 Å². The van der Waals surface area contributed by atoms with Gasteiger partial charge in [-0.05, 0) is 23.6 Å². The second-order valence-corrected chi connectivity index (χ2v) is 4.14. The number of hydrogen-bond donors (Lipinski definition) is 2. The number of carboxylic acids is 1. The summed E-state index contributed by atoms with van der Waals surface area (Å²) in [6.45, 7) is 3.50. The quantitative estimate of drug-likeness (QED) is 0.763. The number of amides is 1. The van der Waals surface area contributed by atoms with Gasteiger partial charge in [0.1, 0.15) is 12.6 Å². The van der Waals surface area contributed by atoms with Crippen molar-refractivity contribution < 1.29 is 19.4 Å². The Kier molecular flexibility index (Phi) is 7.88. The molecule has 19 heavy (non-hydrogen) atoms. The maximum atomic E-state index is 11.4. The molecule has 0 unspecified atom stereocenters. The molecule has 0 saturated heterocycles. The molecule has 0 fully saturated rings. The van der Waals surface area contributed by atoms with Crippen LogP contribution >= 0.6 is 0 Å². The SMILES string of the molecule is CC(C)[C@H](NC(=O)OCc1ccncc1)C(=O)O.[LiH]. The molecule has 1 aromatic heterocycles. The van der Waals surface area contributed by atoms with Crippen molar-refractivity contribution in [3.8, 4) is 0 Å². The molecule has 7 heteroatoms. The van der Waals surface area contributed by atoms with Gasteiger partial charge in [0.2, 0.25) is 0 Å². The second kappa shape index (κ2) is 8.57. The molecular weight excluding hydrogens is 243 g/mol. The maximum absolute atomic E-state index is 11.4. The van der Waals surface area contributed by atoms with Gasteiger partial charge < -0.3 is 15.2 Å². The van der Waals surface area contributed by atoms with Crippen molar-refractivity contribution in [3.63, 3.8) is 0 Å². The van der Waals surface area contributed by atoms with Crippen LogP contribution in [0.4, 0.5) is 4.79 Å². The summed E-state index contributed by atoms with van der Waals surface area (Å²) in [5.74, 6) is -1.29. The van der Waals surface area contributed by atoms with Crippen molar-refractivity contribution in [2.75, 3.05) is 0 Å². The van der Waals surface area contributed by atoms with Gasteiger partial charge in [0.15, 0.2) is 0 Å². The fourth-order valence-electron chi connectivity index (χ4n) is 1.31. The third kappa shape index (κ3) is 6.27. The van der Waals surface area contributed by atoms with E-state index in [4.69, 9.17) is 9.84 Å². The zero-order chi connectivity index (χ0) is 13.5. The monoisotopic (exact) mass is 260 g/mol. The Morgan fingerprint density at radius 2 is 1.95 bits per heavy atom. The van der Waals surface area contributed by atoms with E-state index in [1.165, 1.54) is 0 Å². The fraction of sp³-hybridized carbons (Fsp3) is 0.417. The van der Waals surface area contributed by atoms with E-state index in [9.17, 15) is 9.59 Å². The van der Waals surface area contributed by atoms with Crippen molar-refractivity contribution in [2.45, 2.75) is 26.5 Å². The molecule has 0 aliphatic carbocycles. The zero-order valence-corrected chi connectivity index (χ0v) is 10.3. The van der Waals surface area contributed by atoms with Gasteiger partial charge in [0.25, 0.3) is 0 Å². The molecule has 6 nitrogen and oxygen atoms in total. The molecule has 1 amide bonds. The Balaban J connectivity index is 0.00000324. The Bertz CT molecular complexity index is 411. The van der Waals surface area contributed by atoms with Crippen LogP contribution in [0.25, 0.3) is 0 Å². The summed E-state index contributed by atoms with van der Waals surface area (Å²) < 4.78 is 4.92. The van der Waals surface area contributed by atoms with Crippen molar-refractivity contribution in [3.05, 3.63) is 30.1 Å². The standard InChI is InChI=1S/C12H16N2O4.Li.H/c1-8(2)10(11(15)16)14-12(17)18-7-9-3-5-13-6-4-9;;/h3-6,8,10H,7H2,1-2H3,(H,14,17)(H,15,16);;/t10-;;/m0../s1. The summed E-state index contributed by atoms with van der Waals surface area (Å²) in [6, 6.07) is 2.48. The van der Waals surface area contributed by atoms with Gasteiger partial charge >= 0.3 is 30.9 Å². The Morgan fingerprint density at radius 3 is 2.42 bits per heavy atom. The van der Waals surface area contributed by atoms with Gasteiger partial charge in [-0.3, -0.25) is 4.98 Å². The molecule has 1 heterocycles. The summed E-state index contributed by atoms with van der Waals surface area (Å²) in [5.41, 5.74) is 0.788. The number of carbonyl (C=O) groups is 2. The zero-order valence-electron chi connectivity index (χ0n) is 10.3. The topological polar surface area (TPSA) is 88.5 Å². The number of aromatic nitrogens is 1. The molecular formula is C12H17LiN2O4. The van der Waals surface area contributed by atoms with E-state index in [2.05, 4.69) is 10.3 Å². The summed E-state index contributed by atoms with van der Waals surface area (Å²) in [7, 11) is 0. The van der Waals surface area contributed by atoms with Gasteiger partial charge in [-0.15, -0.1) is 0 Å². The molecule has 0 aromatic carbocycles. The molecule has 0 radical (unpaired) electrons. The molecule has 0 bridgehead atoms. The Morgan fingerprint density at radius 1 is 1.37 bits per heavy atom. The summed E-state index contributed by atoms with van der Waals surface area (Å²) in [4.78, 5) is 26.1. The van der Waals surface area contributed by atoms with Crippen LogP contribution in [0.5, 0.6) is 0 Å². The van der Waals surface area contributed by atoms with Crippen molar-refractivity contribution in [2.24, 2.45) is 5.92 Å². The summed E-state index contributed by atoms with van der Waals surface area (Å²) >= 11 is 0. The molecule has 0 spiro atoms. The number of alkyl carbamates (subject to hydrolysis) is 1. The number of carbonyl (C=O) groups excluding carboxylic acids is 1.